The Balaban J connectivity index is 1.26. The fraction of sp³-hybridized carbons (Fsp3) is 0.217. The number of fused-ring (bicyclic) bond motifs is 2. The number of hydrogen-bond acceptors (Lipinski definition) is 5. The molecule has 29 heavy (non-hydrogen) atoms. The van der Waals surface area contributed by atoms with Crippen LogP contribution in [-0.4, -0.2) is 33.9 Å². The quantitative estimate of drug-likeness (QED) is 0.578. The van der Waals surface area contributed by atoms with Crippen molar-refractivity contribution in [3.63, 3.8) is 0 Å². The Bertz CT molecular complexity index is 1180. The second-order valence-corrected chi connectivity index (χ2v) is 7.37. The monoisotopic (exact) mass is 383 g/mol. The van der Waals surface area contributed by atoms with Crippen molar-refractivity contribution < 1.29 is 4.79 Å². The van der Waals surface area contributed by atoms with Crippen LogP contribution in [0.4, 0.5) is 11.5 Å². The van der Waals surface area contributed by atoms with Crippen molar-refractivity contribution in [1.29, 1.82) is 0 Å². The van der Waals surface area contributed by atoms with Crippen LogP contribution in [0, 0.1) is 5.92 Å². The van der Waals surface area contributed by atoms with Gasteiger partial charge in [0.25, 0.3) is 0 Å². The van der Waals surface area contributed by atoms with Crippen LogP contribution >= 0.6 is 0 Å². The lowest BCUT2D eigenvalue weighted by Gasteiger charge is -2.33. The second-order valence-electron chi connectivity index (χ2n) is 7.37. The number of amides is 1. The summed E-state index contributed by atoms with van der Waals surface area (Å²) in [7, 11) is 0. The minimum absolute atomic E-state index is 0.0174. The van der Waals surface area contributed by atoms with Crippen molar-refractivity contribution in [2.24, 2.45) is 5.92 Å². The van der Waals surface area contributed by atoms with E-state index < -0.39 is 0 Å². The molecule has 1 N–H and O–H groups in total. The van der Waals surface area contributed by atoms with E-state index >= 15 is 0 Å². The largest absolute Gasteiger partial charge is 0.371 e. The van der Waals surface area contributed by atoms with Crippen molar-refractivity contribution in [3.05, 3.63) is 67.1 Å². The highest BCUT2D eigenvalue weighted by molar-refractivity contribution is 5.94. The Hall–Kier alpha value is -3.54. The maximum atomic E-state index is 12.8. The number of rotatable bonds is 3. The predicted octanol–water partition coefficient (Wildman–Crippen LogP) is 4.03. The molecular weight excluding hydrogens is 362 g/mol. The average molecular weight is 383 g/mol. The van der Waals surface area contributed by atoms with Crippen LogP contribution in [0.5, 0.6) is 0 Å². The average Bonchev–Trinajstić information content (AvgIpc) is 2.79. The number of carbonyl (C=O) groups excluding carboxylic acids is 1. The molecule has 1 fully saturated rings. The molecule has 0 atom stereocenters. The van der Waals surface area contributed by atoms with Crippen LogP contribution in [0.25, 0.3) is 21.8 Å². The first kappa shape index (κ1) is 17.6. The number of nitrogens with zero attached hydrogens (tertiary/aromatic N) is 4. The van der Waals surface area contributed by atoms with Crippen molar-refractivity contribution in [2.75, 3.05) is 23.3 Å². The van der Waals surface area contributed by atoms with Crippen LogP contribution in [0.3, 0.4) is 0 Å². The summed E-state index contributed by atoms with van der Waals surface area (Å²) in [4.78, 5) is 28.2. The van der Waals surface area contributed by atoms with Crippen molar-refractivity contribution in [3.8, 4) is 0 Å². The van der Waals surface area contributed by atoms with E-state index in [0.717, 1.165) is 42.4 Å². The molecule has 6 heteroatoms. The number of benzene rings is 2. The molecule has 1 aliphatic rings. The van der Waals surface area contributed by atoms with Crippen LogP contribution in [-0.2, 0) is 4.79 Å². The number of piperidine rings is 1. The van der Waals surface area contributed by atoms with Gasteiger partial charge in [-0.1, -0.05) is 24.3 Å². The molecule has 2 aromatic carbocycles. The van der Waals surface area contributed by atoms with E-state index in [9.17, 15) is 4.79 Å². The third-order valence-electron chi connectivity index (χ3n) is 5.56. The van der Waals surface area contributed by atoms with Gasteiger partial charge in [-0.15, -0.1) is 0 Å². The Labute approximate surface area is 168 Å². The van der Waals surface area contributed by atoms with Gasteiger partial charge < -0.3 is 10.2 Å². The van der Waals surface area contributed by atoms with E-state index in [4.69, 9.17) is 0 Å². The van der Waals surface area contributed by atoms with Gasteiger partial charge in [-0.3, -0.25) is 14.8 Å². The summed E-state index contributed by atoms with van der Waals surface area (Å²) >= 11 is 0. The predicted molar refractivity (Wildman–Crippen MR) is 115 cm³/mol. The van der Waals surface area contributed by atoms with Crippen LogP contribution in [0.15, 0.2) is 67.1 Å². The molecule has 0 aliphatic carbocycles. The van der Waals surface area contributed by atoms with Gasteiger partial charge in [0.15, 0.2) is 5.82 Å². The lowest BCUT2D eigenvalue weighted by Crippen LogP contribution is -2.38. The minimum Gasteiger partial charge on any atom is -0.371 e. The standard InChI is InChI=1S/C23H21N5O/c29-23(27-22-15-25-19-5-1-2-6-20(19)26-22)16-9-12-28(13-10-16)21-7-3-4-17-14-24-11-8-18(17)21/h1-8,11,14-16H,9-10,12-13H2,(H,26,27,29). The van der Waals surface area contributed by atoms with Gasteiger partial charge >= 0.3 is 0 Å². The maximum Gasteiger partial charge on any atom is 0.228 e. The third kappa shape index (κ3) is 3.49. The maximum absolute atomic E-state index is 12.8. The topological polar surface area (TPSA) is 71.0 Å². The molecule has 5 rings (SSSR count). The molecular formula is C23H21N5O. The van der Waals surface area contributed by atoms with Gasteiger partial charge in [-0.05, 0) is 37.1 Å². The van der Waals surface area contributed by atoms with E-state index in [1.165, 1.54) is 11.1 Å². The lowest BCUT2D eigenvalue weighted by atomic mass is 9.95. The zero-order valence-corrected chi connectivity index (χ0v) is 16.0. The molecule has 1 amide bonds. The Morgan fingerprint density at radius 1 is 0.966 bits per heavy atom. The summed E-state index contributed by atoms with van der Waals surface area (Å²) in [5.74, 6) is 0.519. The molecule has 0 spiro atoms. The molecule has 1 aliphatic heterocycles. The first-order valence-electron chi connectivity index (χ1n) is 9.88. The number of para-hydroxylation sites is 2. The molecule has 4 aromatic rings. The molecule has 0 bridgehead atoms. The Kier molecular flexibility index (Phi) is 4.52. The summed E-state index contributed by atoms with van der Waals surface area (Å²) in [5, 5.41) is 5.29. The Morgan fingerprint density at radius 2 is 1.79 bits per heavy atom. The molecule has 6 nitrogen and oxygen atoms in total. The van der Waals surface area contributed by atoms with Gasteiger partial charge in [0, 0.05) is 47.9 Å². The van der Waals surface area contributed by atoms with E-state index in [0.29, 0.717) is 5.82 Å². The normalized spacial score (nSPS) is 15.0. The number of nitrogens with one attached hydrogen (secondary N) is 1. The molecule has 0 radical (unpaired) electrons. The highest BCUT2D eigenvalue weighted by atomic mass is 16.1. The third-order valence-corrected chi connectivity index (χ3v) is 5.56. The fourth-order valence-corrected chi connectivity index (χ4v) is 4.01. The Morgan fingerprint density at radius 3 is 2.66 bits per heavy atom. The first-order chi connectivity index (χ1) is 14.3. The van der Waals surface area contributed by atoms with Crippen molar-refractivity contribution in [1.82, 2.24) is 15.0 Å². The summed E-state index contributed by atoms with van der Waals surface area (Å²) < 4.78 is 0. The fourth-order valence-electron chi connectivity index (χ4n) is 4.01. The molecule has 3 heterocycles. The highest BCUT2D eigenvalue weighted by Gasteiger charge is 2.26. The summed E-state index contributed by atoms with van der Waals surface area (Å²) in [5.41, 5.74) is 2.82. The first-order valence-corrected chi connectivity index (χ1v) is 9.88. The summed E-state index contributed by atoms with van der Waals surface area (Å²) in [6.07, 6.45) is 6.97. The minimum atomic E-state index is -0.0174. The molecule has 144 valence electrons. The van der Waals surface area contributed by atoms with E-state index in [2.05, 4.69) is 49.4 Å². The molecule has 1 saturated heterocycles. The smallest absolute Gasteiger partial charge is 0.228 e. The number of hydrogen-bond donors (Lipinski definition) is 1. The number of aromatic nitrogens is 3. The summed E-state index contributed by atoms with van der Waals surface area (Å²) in [6.45, 7) is 1.70. The SMILES string of the molecule is O=C(Nc1cnc2ccccc2n1)C1CCN(c2cccc3cnccc23)CC1. The van der Waals surface area contributed by atoms with E-state index in [-0.39, 0.29) is 11.8 Å². The number of anilines is 2. The number of pyridine rings is 1. The zero-order chi connectivity index (χ0) is 19.6. The molecule has 0 unspecified atom stereocenters. The highest BCUT2D eigenvalue weighted by Crippen LogP contribution is 2.30. The van der Waals surface area contributed by atoms with E-state index in [1.807, 2.05) is 36.7 Å². The lowest BCUT2D eigenvalue weighted by molar-refractivity contribution is -0.120. The van der Waals surface area contributed by atoms with Crippen LogP contribution in [0.2, 0.25) is 0 Å². The molecule has 2 aromatic heterocycles. The van der Waals surface area contributed by atoms with Gasteiger partial charge in [-0.25, -0.2) is 4.98 Å². The van der Waals surface area contributed by atoms with Crippen molar-refractivity contribution in [2.45, 2.75) is 12.8 Å². The zero-order valence-electron chi connectivity index (χ0n) is 16.0. The van der Waals surface area contributed by atoms with Crippen molar-refractivity contribution >= 4 is 39.2 Å². The van der Waals surface area contributed by atoms with Gasteiger partial charge in [0.2, 0.25) is 5.91 Å². The van der Waals surface area contributed by atoms with Gasteiger partial charge in [0.1, 0.15) is 0 Å². The van der Waals surface area contributed by atoms with Crippen LogP contribution < -0.4 is 10.2 Å². The van der Waals surface area contributed by atoms with Crippen LogP contribution in [0.1, 0.15) is 12.8 Å². The second kappa shape index (κ2) is 7.47. The van der Waals surface area contributed by atoms with Gasteiger partial charge in [-0.2, -0.15) is 0 Å². The molecule has 0 saturated carbocycles. The summed E-state index contributed by atoms with van der Waals surface area (Å²) in [6, 6.07) is 16.0. The van der Waals surface area contributed by atoms with Gasteiger partial charge in [0.05, 0.1) is 17.2 Å². The number of carbonyl (C=O) groups is 1. The van der Waals surface area contributed by atoms with E-state index in [1.54, 1.807) is 6.20 Å².